The van der Waals surface area contributed by atoms with Crippen LogP contribution in [0.1, 0.15) is 85.0 Å². The van der Waals surface area contributed by atoms with Crippen molar-refractivity contribution in [2.75, 3.05) is 19.8 Å². The Morgan fingerprint density at radius 1 is 0.875 bits per heavy atom. The van der Waals surface area contributed by atoms with E-state index in [2.05, 4.69) is 20.8 Å². The van der Waals surface area contributed by atoms with E-state index in [1.807, 2.05) is 0 Å². The van der Waals surface area contributed by atoms with E-state index in [0.717, 1.165) is 29.5 Å². The molecule has 2 unspecified atom stereocenters. The molecule has 0 aromatic heterocycles. The van der Waals surface area contributed by atoms with Gasteiger partial charge in [-0.25, -0.2) is 0 Å². The van der Waals surface area contributed by atoms with Crippen LogP contribution < -0.4 is 0 Å². The Kier molecular flexibility index (Phi) is 13.1. The van der Waals surface area contributed by atoms with Gasteiger partial charge in [-0.3, -0.25) is 0 Å². The summed E-state index contributed by atoms with van der Waals surface area (Å²) in [5.41, 5.74) is 0. The molecule has 1 aliphatic rings. The number of hydrogen-bond donors (Lipinski definition) is 1. The van der Waals surface area contributed by atoms with E-state index < -0.39 is 18.4 Å². The van der Waals surface area contributed by atoms with Gasteiger partial charge in [-0.15, -0.1) is 0 Å². The molecule has 1 aliphatic carbocycles. The average molecular weight is 447 g/mol. The van der Waals surface area contributed by atoms with Crippen LogP contribution in [-0.2, 0) is 4.74 Å². The summed E-state index contributed by atoms with van der Waals surface area (Å²) in [7, 11) is 0. The molecule has 2 atom stereocenters. The van der Waals surface area contributed by atoms with E-state index in [1.54, 1.807) is 13.3 Å². The zero-order valence-electron chi connectivity index (χ0n) is 16.8. The average Bonchev–Trinajstić information content (AvgIpc) is 3.07. The Hall–Kier alpha value is 0.719. The standard InChI is InChI=1S/C9H17O2.3C4H9.Sn/c10-6-3-7-11-8-9-4-1-2-5-9;3*1-3-4-2;/h4,9-10H,1-3,5-8H2;3*1,3-4H2,2H3;. The number of rotatable bonds is 15. The second-order valence-corrected chi connectivity index (χ2v) is 22.3. The van der Waals surface area contributed by atoms with Gasteiger partial charge in [-0.05, 0) is 0 Å². The molecule has 0 amide bonds. The third-order valence-corrected chi connectivity index (χ3v) is 24.5. The van der Waals surface area contributed by atoms with Crippen molar-refractivity contribution in [2.24, 2.45) is 5.92 Å². The molecule has 0 radical (unpaired) electrons. The van der Waals surface area contributed by atoms with Crippen LogP contribution in [0, 0.1) is 5.92 Å². The maximum absolute atomic E-state index is 8.96. The van der Waals surface area contributed by atoms with Crippen molar-refractivity contribution >= 4 is 18.4 Å². The quantitative estimate of drug-likeness (QED) is 0.232. The van der Waals surface area contributed by atoms with Gasteiger partial charge in [-0.2, -0.15) is 0 Å². The molecule has 0 aliphatic heterocycles. The van der Waals surface area contributed by atoms with Crippen molar-refractivity contribution in [1.82, 2.24) is 0 Å². The fraction of sp³-hybridized carbons (Fsp3) is 1.00. The third kappa shape index (κ3) is 7.53. The van der Waals surface area contributed by atoms with Crippen LogP contribution in [-0.4, -0.2) is 43.3 Å². The summed E-state index contributed by atoms with van der Waals surface area (Å²) in [6, 6.07) is 0. The van der Waals surface area contributed by atoms with Gasteiger partial charge in [0.05, 0.1) is 0 Å². The van der Waals surface area contributed by atoms with Crippen LogP contribution >= 0.6 is 0 Å². The Labute approximate surface area is 156 Å². The second-order valence-electron chi connectivity index (χ2n) is 8.12. The van der Waals surface area contributed by atoms with Crippen molar-refractivity contribution in [3.8, 4) is 0 Å². The van der Waals surface area contributed by atoms with E-state index in [4.69, 9.17) is 9.84 Å². The normalized spacial score (nSPS) is 21.5. The first-order valence-electron chi connectivity index (χ1n) is 10.9. The minimum atomic E-state index is -2.09. The van der Waals surface area contributed by atoms with E-state index in [0.29, 0.717) is 0 Å². The van der Waals surface area contributed by atoms with Crippen molar-refractivity contribution in [1.29, 1.82) is 0 Å². The van der Waals surface area contributed by atoms with Gasteiger partial charge in [-0.1, -0.05) is 0 Å². The van der Waals surface area contributed by atoms with Crippen LogP contribution in [0.4, 0.5) is 0 Å². The molecular weight excluding hydrogens is 403 g/mol. The fourth-order valence-electron chi connectivity index (χ4n) is 4.96. The Morgan fingerprint density at radius 3 is 1.96 bits per heavy atom. The summed E-state index contributed by atoms with van der Waals surface area (Å²) < 4.78 is 12.0. The first kappa shape index (κ1) is 22.8. The first-order chi connectivity index (χ1) is 11.7. The molecule has 1 N–H and O–H groups in total. The van der Waals surface area contributed by atoms with Gasteiger partial charge in [0.2, 0.25) is 0 Å². The van der Waals surface area contributed by atoms with Gasteiger partial charge in [0, 0.05) is 0 Å². The molecule has 0 aromatic carbocycles. The summed E-state index contributed by atoms with van der Waals surface area (Å²) in [6.45, 7) is 9.12. The third-order valence-electron chi connectivity index (χ3n) is 6.31. The molecular formula is C21H44O2Sn. The number of aliphatic hydroxyl groups excluding tert-OH is 1. The van der Waals surface area contributed by atoms with E-state index in [-0.39, 0.29) is 6.61 Å². The maximum atomic E-state index is 8.96. The molecule has 0 saturated heterocycles. The van der Waals surface area contributed by atoms with Crippen LogP contribution in [0.3, 0.4) is 0 Å². The van der Waals surface area contributed by atoms with Crippen LogP contribution in [0.25, 0.3) is 0 Å². The molecule has 1 fully saturated rings. The van der Waals surface area contributed by atoms with Crippen LogP contribution in [0.15, 0.2) is 0 Å². The van der Waals surface area contributed by atoms with E-state index in [1.165, 1.54) is 57.8 Å². The summed E-state index contributed by atoms with van der Waals surface area (Å²) in [6.07, 6.45) is 13.8. The number of aliphatic hydroxyl groups is 1. The van der Waals surface area contributed by atoms with Gasteiger partial charge in [0.1, 0.15) is 0 Å². The van der Waals surface area contributed by atoms with E-state index in [9.17, 15) is 0 Å². The monoisotopic (exact) mass is 448 g/mol. The Balaban J connectivity index is 2.78. The van der Waals surface area contributed by atoms with Gasteiger partial charge in [0.15, 0.2) is 0 Å². The minimum absolute atomic E-state index is 0.265. The topological polar surface area (TPSA) is 29.5 Å². The number of hydrogen-bond acceptors (Lipinski definition) is 2. The Morgan fingerprint density at radius 2 is 1.46 bits per heavy atom. The van der Waals surface area contributed by atoms with Gasteiger partial charge < -0.3 is 0 Å². The van der Waals surface area contributed by atoms with Crippen molar-refractivity contribution in [3.05, 3.63) is 0 Å². The predicted octanol–water partition coefficient (Wildman–Crippen LogP) is 6.40. The molecule has 0 heterocycles. The SMILES string of the molecule is CCC[CH2][Sn]([CH2]CCC)([CH2]CCC)[CH]1CCCC1COCCCO. The molecule has 24 heavy (non-hydrogen) atoms. The van der Waals surface area contributed by atoms with E-state index >= 15 is 0 Å². The summed E-state index contributed by atoms with van der Waals surface area (Å²) in [5.74, 6) is 0.852. The van der Waals surface area contributed by atoms with Crippen molar-refractivity contribution < 1.29 is 9.84 Å². The number of ether oxygens (including phenoxy) is 1. The Bertz CT molecular complexity index is 274. The molecule has 1 saturated carbocycles. The molecule has 0 spiro atoms. The summed E-state index contributed by atoms with van der Waals surface area (Å²) >= 11 is -2.09. The molecule has 0 aromatic rings. The van der Waals surface area contributed by atoms with Crippen molar-refractivity contribution in [3.63, 3.8) is 0 Å². The molecule has 1 rings (SSSR count). The zero-order chi connectivity index (χ0) is 17.7. The fourth-order valence-corrected chi connectivity index (χ4v) is 25.3. The van der Waals surface area contributed by atoms with Crippen LogP contribution in [0.5, 0.6) is 0 Å². The second kappa shape index (κ2) is 13.9. The van der Waals surface area contributed by atoms with Crippen LogP contribution in [0.2, 0.25) is 17.2 Å². The number of unbranched alkanes of at least 4 members (excludes halogenated alkanes) is 3. The molecule has 2 nitrogen and oxygen atoms in total. The molecule has 3 heteroatoms. The summed E-state index contributed by atoms with van der Waals surface area (Å²) in [5, 5.41) is 8.96. The van der Waals surface area contributed by atoms with Gasteiger partial charge >= 0.3 is 156 Å². The molecule has 144 valence electrons. The predicted molar refractivity (Wildman–Crippen MR) is 109 cm³/mol. The molecule has 0 bridgehead atoms. The van der Waals surface area contributed by atoms with Crippen molar-refractivity contribution in [2.45, 2.75) is 102 Å². The first-order valence-corrected chi connectivity index (χ1v) is 18.6. The van der Waals surface area contributed by atoms with Gasteiger partial charge in [0.25, 0.3) is 0 Å². The summed E-state index contributed by atoms with van der Waals surface area (Å²) in [4.78, 5) is 0. The zero-order valence-corrected chi connectivity index (χ0v) is 19.7.